The van der Waals surface area contributed by atoms with Crippen LogP contribution in [0, 0.1) is 0 Å². The van der Waals surface area contributed by atoms with Gasteiger partial charge in [-0.1, -0.05) is 12.1 Å². The van der Waals surface area contributed by atoms with Gasteiger partial charge in [0.2, 0.25) is 17.7 Å². The molecule has 206 valence electrons. The summed E-state index contributed by atoms with van der Waals surface area (Å²) in [5.74, 6) is -3.69. The lowest BCUT2D eigenvalue weighted by Crippen LogP contribution is -2.54. The van der Waals surface area contributed by atoms with Gasteiger partial charge in [-0.2, -0.15) is 9.78 Å². The average molecular weight is 546 g/mol. The number of halogens is 3. The molecule has 2 fully saturated rings. The normalized spacial score (nSPS) is 22.0. The van der Waals surface area contributed by atoms with E-state index in [1.807, 2.05) is 0 Å². The zero-order valence-corrected chi connectivity index (χ0v) is 20.9. The summed E-state index contributed by atoms with van der Waals surface area (Å²) in [5, 5.41) is 15.5. The fraction of sp³-hybridized carbons (Fsp3) is 0.423. The van der Waals surface area contributed by atoms with Gasteiger partial charge in [0.25, 0.3) is 0 Å². The molecule has 5 rings (SSSR count). The van der Waals surface area contributed by atoms with Gasteiger partial charge >= 0.3 is 6.09 Å². The van der Waals surface area contributed by atoms with Crippen molar-refractivity contribution in [3.05, 3.63) is 48.2 Å². The second-order valence-electron chi connectivity index (χ2n) is 9.91. The van der Waals surface area contributed by atoms with Gasteiger partial charge in [-0.25, -0.2) is 22.9 Å². The van der Waals surface area contributed by atoms with E-state index in [2.05, 4.69) is 15.4 Å². The second-order valence-corrected chi connectivity index (χ2v) is 9.91. The monoisotopic (exact) mass is 545 g/mol. The molecule has 2 amide bonds. The Hall–Kier alpha value is -4.16. The molecular weight excluding hydrogens is 519 g/mol. The molecule has 1 aliphatic carbocycles. The number of aromatic nitrogens is 3. The van der Waals surface area contributed by atoms with Crippen molar-refractivity contribution in [1.82, 2.24) is 19.7 Å². The number of hydrogen-bond donors (Lipinski definition) is 2. The second kappa shape index (κ2) is 9.86. The molecule has 2 aromatic heterocycles. The van der Waals surface area contributed by atoms with Crippen molar-refractivity contribution in [2.24, 2.45) is 0 Å². The number of amides is 2. The molecule has 3 heterocycles. The molecule has 0 bridgehead atoms. The molecular formula is C26H26F3N5O5. The van der Waals surface area contributed by atoms with Crippen molar-refractivity contribution >= 4 is 34.8 Å². The van der Waals surface area contributed by atoms with E-state index in [9.17, 15) is 32.7 Å². The number of carboxylic acid groups (broad SMARTS) is 1. The summed E-state index contributed by atoms with van der Waals surface area (Å²) in [5.41, 5.74) is -0.484. The first-order valence-corrected chi connectivity index (χ1v) is 12.4. The highest BCUT2D eigenvalue weighted by Gasteiger charge is 2.53. The van der Waals surface area contributed by atoms with E-state index in [0.717, 1.165) is 9.58 Å². The third-order valence-corrected chi connectivity index (χ3v) is 7.54. The van der Waals surface area contributed by atoms with Crippen LogP contribution in [0.2, 0.25) is 0 Å². The molecule has 1 saturated carbocycles. The van der Waals surface area contributed by atoms with E-state index in [-0.39, 0.29) is 42.7 Å². The van der Waals surface area contributed by atoms with Crippen LogP contribution >= 0.6 is 0 Å². The minimum Gasteiger partial charge on any atom is -0.497 e. The molecule has 1 saturated heterocycles. The molecule has 0 unspecified atom stereocenters. The summed E-state index contributed by atoms with van der Waals surface area (Å²) in [6, 6.07) is 8.21. The molecule has 0 spiro atoms. The number of rotatable bonds is 5. The predicted octanol–water partition coefficient (Wildman–Crippen LogP) is 3.99. The Morgan fingerprint density at radius 3 is 2.56 bits per heavy atom. The number of fused-ring (bicyclic) bond motifs is 1. The van der Waals surface area contributed by atoms with Gasteiger partial charge in [0.05, 0.1) is 30.8 Å². The van der Waals surface area contributed by atoms with Crippen LogP contribution in [0.25, 0.3) is 11.0 Å². The Balaban J connectivity index is 1.43. The molecule has 10 nitrogen and oxygen atoms in total. The number of hydrogen-bond acceptors (Lipinski definition) is 6. The number of carbonyl (C=O) groups excluding carboxylic acids is 2. The first kappa shape index (κ1) is 26.4. The number of likely N-dealkylation sites (tertiary alicyclic amines) is 1. The maximum Gasteiger partial charge on any atom is 0.432 e. The first-order valence-electron chi connectivity index (χ1n) is 12.4. The molecule has 2 atom stereocenters. The highest BCUT2D eigenvalue weighted by molar-refractivity contribution is 6.00. The van der Waals surface area contributed by atoms with Gasteiger partial charge in [0.15, 0.2) is 0 Å². The van der Waals surface area contributed by atoms with Crippen LogP contribution in [-0.4, -0.2) is 74.5 Å². The standard InChI is InChI=1S/C26H26F3N5O5/c1-39-17-4-2-3-15(11-17)25(7-9-26(28,29)10-8-25)23(36)33-14-16(27)12-20(33)22(35)32-21-6-5-19-18(31-21)13-30-34(19)24(37)38/h2-6,11,13,16,20H,7-10,12,14H2,1H3,(H,37,38)(H,31,32,35)/t16-,20-/m1/s1. The van der Waals surface area contributed by atoms with Crippen LogP contribution in [0.1, 0.15) is 37.7 Å². The summed E-state index contributed by atoms with van der Waals surface area (Å²) in [4.78, 5) is 44.0. The summed E-state index contributed by atoms with van der Waals surface area (Å²) < 4.78 is 49.1. The number of pyridine rings is 1. The fourth-order valence-corrected chi connectivity index (χ4v) is 5.47. The Bertz CT molecular complexity index is 1430. The first-order chi connectivity index (χ1) is 18.5. The van der Waals surface area contributed by atoms with Crippen molar-refractivity contribution in [3.8, 4) is 5.75 Å². The minimum absolute atomic E-state index is 0.0620. The number of methoxy groups -OCH3 is 1. The Labute approximate surface area is 220 Å². The molecule has 13 heteroatoms. The number of alkyl halides is 3. The number of nitrogens with zero attached hydrogens (tertiary/aromatic N) is 4. The molecule has 3 aromatic rings. The van der Waals surface area contributed by atoms with Gasteiger partial charge in [0.1, 0.15) is 29.3 Å². The quantitative estimate of drug-likeness (QED) is 0.496. The fourth-order valence-electron chi connectivity index (χ4n) is 5.47. The molecule has 2 N–H and O–H groups in total. The van der Waals surface area contributed by atoms with E-state index in [1.165, 1.54) is 25.4 Å². The summed E-state index contributed by atoms with van der Waals surface area (Å²) in [6.45, 7) is -0.350. The summed E-state index contributed by atoms with van der Waals surface area (Å²) in [6.07, 6.45) is -3.20. The zero-order valence-electron chi connectivity index (χ0n) is 20.9. The van der Waals surface area contributed by atoms with Crippen molar-refractivity contribution < 1.29 is 37.4 Å². The van der Waals surface area contributed by atoms with Crippen molar-refractivity contribution in [2.75, 3.05) is 19.0 Å². The molecule has 0 radical (unpaired) electrons. The topological polar surface area (TPSA) is 127 Å². The van der Waals surface area contributed by atoms with E-state index in [4.69, 9.17) is 4.74 Å². The third kappa shape index (κ3) is 4.88. The van der Waals surface area contributed by atoms with Gasteiger partial charge in [0, 0.05) is 19.3 Å². The van der Waals surface area contributed by atoms with E-state index in [1.54, 1.807) is 24.3 Å². The Morgan fingerprint density at radius 1 is 1.13 bits per heavy atom. The van der Waals surface area contributed by atoms with Crippen LogP contribution < -0.4 is 10.1 Å². The molecule has 39 heavy (non-hydrogen) atoms. The smallest absolute Gasteiger partial charge is 0.432 e. The lowest BCUT2D eigenvalue weighted by atomic mass is 9.67. The van der Waals surface area contributed by atoms with E-state index in [0.29, 0.717) is 11.3 Å². The zero-order chi connectivity index (χ0) is 27.9. The van der Waals surface area contributed by atoms with Crippen molar-refractivity contribution in [3.63, 3.8) is 0 Å². The van der Waals surface area contributed by atoms with Crippen LogP contribution in [0.15, 0.2) is 42.6 Å². The van der Waals surface area contributed by atoms with E-state index >= 15 is 0 Å². The lowest BCUT2D eigenvalue weighted by Gasteiger charge is -2.42. The SMILES string of the molecule is COc1cccc(C2(C(=O)N3C[C@H](F)C[C@@H]3C(=O)Nc3ccc4c(cnn4C(=O)O)n3)CCC(F)(F)CC2)c1. The van der Waals surface area contributed by atoms with Gasteiger partial charge < -0.3 is 20.1 Å². The summed E-state index contributed by atoms with van der Waals surface area (Å²) >= 11 is 0. The Kier molecular flexibility index (Phi) is 6.69. The predicted molar refractivity (Wildman–Crippen MR) is 133 cm³/mol. The molecule has 1 aromatic carbocycles. The summed E-state index contributed by atoms with van der Waals surface area (Å²) in [7, 11) is 1.45. The Morgan fingerprint density at radius 2 is 1.87 bits per heavy atom. The number of nitrogens with one attached hydrogen (secondary N) is 1. The van der Waals surface area contributed by atoms with Gasteiger partial charge in [-0.05, 0) is 42.7 Å². The number of anilines is 1. The maximum atomic E-state index is 14.7. The molecule has 2 aliphatic rings. The molecule has 1 aliphatic heterocycles. The van der Waals surface area contributed by atoms with Crippen molar-refractivity contribution in [1.29, 1.82) is 0 Å². The number of benzene rings is 1. The van der Waals surface area contributed by atoms with Gasteiger partial charge in [-0.3, -0.25) is 9.59 Å². The highest BCUT2D eigenvalue weighted by atomic mass is 19.3. The lowest BCUT2D eigenvalue weighted by molar-refractivity contribution is -0.146. The highest BCUT2D eigenvalue weighted by Crippen LogP contribution is 2.48. The number of carbonyl (C=O) groups is 3. The van der Waals surface area contributed by atoms with E-state index < -0.39 is 54.3 Å². The maximum absolute atomic E-state index is 14.7. The van der Waals surface area contributed by atoms with Crippen LogP contribution in [0.4, 0.5) is 23.8 Å². The van der Waals surface area contributed by atoms with Crippen molar-refractivity contribution in [2.45, 2.75) is 55.7 Å². The minimum atomic E-state index is -2.92. The largest absolute Gasteiger partial charge is 0.497 e. The van der Waals surface area contributed by atoms with Crippen LogP contribution in [-0.2, 0) is 15.0 Å². The van der Waals surface area contributed by atoms with Crippen LogP contribution in [0.3, 0.4) is 0 Å². The number of ether oxygens (including phenoxy) is 1. The third-order valence-electron chi connectivity index (χ3n) is 7.54. The van der Waals surface area contributed by atoms with Crippen LogP contribution in [0.5, 0.6) is 5.75 Å². The average Bonchev–Trinajstić information content (AvgIpc) is 3.52. The van der Waals surface area contributed by atoms with Gasteiger partial charge in [-0.15, -0.1) is 0 Å².